The van der Waals surface area contributed by atoms with Gasteiger partial charge in [-0.3, -0.25) is 4.79 Å². The standard InChI is InChI=1S/C21H22F4N2O3/c1-2-29-18(28)6-4-10-30-19-16(22)11-14(12-17(19)23)15-5-3-8-26-20(15)27-9-7-21(24,25)13-27/h3,5,8,11-12H,2,4,6-7,9-10,13H2,1H3. The highest BCUT2D eigenvalue weighted by molar-refractivity contribution is 5.76. The molecule has 1 saturated heterocycles. The maximum Gasteiger partial charge on any atom is 0.305 e. The van der Waals surface area contributed by atoms with Gasteiger partial charge in [0.2, 0.25) is 0 Å². The van der Waals surface area contributed by atoms with Gasteiger partial charge in [-0.05, 0) is 43.2 Å². The van der Waals surface area contributed by atoms with Gasteiger partial charge < -0.3 is 14.4 Å². The van der Waals surface area contributed by atoms with Crippen LogP contribution in [0.4, 0.5) is 23.4 Å². The van der Waals surface area contributed by atoms with Gasteiger partial charge in [0, 0.05) is 31.1 Å². The highest BCUT2D eigenvalue weighted by Crippen LogP contribution is 2.37. The van der Waals surface area contributed by atoms with Gasteiger partial charge in [-0.25, -0.2) is 22.5 Å². The van der Waals surface area contributed by atoms with E-state index in [2.05, 4.69) is 4.98 Å². The first kappa shape index (κ1) is 21.9. The molecular weight excluding hydrogens is 404 g/mol. The average Bonchev–Trinajstić information content (AvgIpc) is 3.06. The SMILES string of the molecule is CCOC(=O)CCCOc1c(F)cc(-c2cccnc2N2CCC(F)(F)C2)cc1F. The van der Waals surface area contributed by atoms with E-state index in [0.717, 1.165) is 12.1 Å². The van der Waals surface area contributed by atoms with Gasteiger partial charge in [0.25, 0.3) is 5.92 Å². The number of alkyl halides is 2. The predicted octanol–water partition coefficient (Wildman–Crippen LogP) is 4.59. The molecule has 0 saturated carbocycles. The lowest BCUT2D eigenvalue weighted by Gasteiger charge is -2.20. The van der Waals surface area contributed by atoms with Crippen LogP contribution in [0.3, 0.4) is 0 Å². The Kier molecular flexibility index (Phi) is 6.79. The monoisotopic (exact) mass is 426 g/mol. The fourth-order valence-corrected chi connectivity index (χ4v) is 3.27. The van der Waals surface area contributed by atoms with Gasteiger partial charge in [-0.1, -0.05) is 0 Å². The van der Waals surface area contributed by atoms with Crippen LogP contribution in [0.1, 0.15) is 26.2 Å². The second-order valence-electron chi connectivity index (χ2n) is 6.93. The lowest BCUT2D eigenvalue weighted by Crippen LogP contribution is -2.26. The van der Waals surface area contributed by atoms with Gasteiger partial charge in [-0.2, -0.15) is 0 Å². The Balaban J connectivity index is 1.75. The van der Waals surface area contributed by atoms with Crippen LogP contribution < -0.4 is 9.64 Å². The summed E-state index contributed by atoms with van der Waals surface area (Å²) >= 11 is 0. The third kappa shape index (κ3) is 5.20. The lowest BCUT2D eigenvalue weighted by atomic mass is 10.1. The zero-order valence-corrected chi connectivity index (χ0v) is 16.5. The largest absolute Gasteiger partial charge is 0.488 e. The molecular formula is C21H22F4N2O3. The minimum absolute atomic E-state index is 0.0625. The average molecular weight is 426 g/mol. The second-order valence-corrected chi connectivity index (χ2v) is 6.93. The number of nitrogens with zero attached hydrogens (tertiary/aromatic N) is 2. The summed E-state index contributed by atoms with van der Waals surface area (Å²) in [5.74, 6) is -5.40. The smallest absolute Gasteiger partial charge is 0.305 e. The van der Waals surface area contributed by atoms with Crippen LogP contribution in [-0.2, 0) is 9.53 Å². The fraction of sp³-hybridized carbons (Fsp3) is 0.429. The highest BCUT2D eigenvalue weighted by Gasteiger charge is 2.39. The molecule has 5 nitrogen and oxygen atoms in total. The summed E-state index contributed by atoms with van der Waals surface area (Å²) in [7, 11) is 0. The van der Waals surface area contributed by atoms with Crippen molar-refractivity contribution in [3.8, 4) is 16.9 Å². The molecule has 1 aliphatic heterocycles. The number of pyridine rings is 1. The molecule has 1 fully saturated rings. The third-order valence-corrected chi connectivity index (χ3v) is 4.64. The van der Waals surface area contributed by atoms with Crippen LogP contribution in [-0.4, -0.2) is 43.2 Å². The molecule has 0 aliphatic carbocycles. The molecule has 162 valence electrons. The number of carbonyl (C=O) groups is 1. The normalized spacial score (nSPS) is 15.3. The van der Waals surface area contributed by atoms with Gasteiger partial charge in [0.15, 0.2) is 17.4 Å². The third-order valence-electron chi connectivity index (χ3n) is 4.64. The Bertz CT molecular complexity index is 885. The molecule has 30 heavy (non-hydrogen) atoms. The van der Waals surface area contributed by atoms with E-state index in [1.165, 1.54) is 11.1 Å². The first-order valence-corrected chi connectivity index (χ1v) is 9.66. The molecule has 1 aromatic heterocycles. The number of ether oxygens (including phenoxy) is 2. The summed E-state index contributed by atoms with van der Waals surface area (Å²) in [6.45, 7) is 1.49. The molecule has 0 N–H and O–H groups in total. The number of aromatic nitrogens is 1. The van der Waals surface area contributed by atoms with Gasteiger partial charge in [0.05, 0.1) is 19.8 Å². The molecule has 0 bridgehead atoms. The summed E-state index contributed by atoms with van der Waals surface area (Å²) in [6, 6.07) is 5.31. The van der Waals surface area contributed by atoms with Gasteiger partial charge in [-0.15, -0.1) is 0 Å². The van der Waals surface area contributed by atoms with Crippen LogP contribution in [0.25, 0.3) is 11.1 Å². The molecule has 2 aromatic rings. The number of hydrogen-bond acceptors (Lipinski definition) is 5. The fourth-order valence-electron chi connectivity index (χ4n) is 3.27. The van der Waals surface area contributed by atoms with Crippen LogP contribution in [0.2, 0.25) is 0 Å². The molecule has 1 aromatic carbocycles. The van der Waals surface area contributed by atoms with E-state index in [0.29, 0.717) is 5.56 Å². The number of anilines is 1. The minimum atomic E-state index is -2.83. The number of rotatable bonds is 8. The van der Waals surface area contributed by atoms with Gasteiger partial charge in [0.1, 0.15) is 5.82 Å². The molecule has 1 aliphatic rings. The summed E-state index contributed by atoms with van der Waals surface area (Å²) in [5, 5.41) is 0. The number of esters is 1. The van der Waals surface area contributed by atoms with E-state index >= 15 is 0 Å². The van der Waals surface area contributed by atoms with E-state index in [1.807, 2.05) is 0 Å². The molecule has 9 heteroatoms. The van der Waals surface area contributed by atoms with Gasteiger partial charge >= 0.3 is 5.97 Å². The summed E-state index contributed by atoms with van der Waals surface area (Å²) in [6.07, 6.45) is 1.47. The summed E-state index contributed by atoms with van der Waals surface area (Å²) in [4.78, 5) is 16.8. The Labute approximate surface area is 171 Å². The number of halogens is 4. The van der Waals surface area contributed by atoms with Crippen molar-refractivity contribution in [3.63, 3.8) is 0 Å². The maximum atomic E-state index is 14.5. The zero-order valence-electron chi connectivity index (χ0n) is 16.5. The number of benzene rings is 1. The van der Waals surface area contributed by atoms with Crippen molar-refractivity contribution < 1.29 is 31.8 Å². The van der Waals surface area contributed by atoms with E-state index < -0.39 is 35.8 Å². The van der Waals surface area contributed by atoms with Crippen molar-refractivity contribution >= 4 is 11.8 Å². The second kappa shape index (κ2) is 9.32. The van der Waals surface area contributed by atoms with Crippen molar-refractivity contribution in [1.29, 1.82) is 0 Å². The minimum Gasteiger partial charge on any atom is -0.488 e. The summed E-state index contributed by atoms with van der Waals surface area (Å²) in [5.41, 5.74) is 0.518. The van der Waals surface area contributed by atoms with Crippen LogP contribution in [0.15, 0.2) is 30.5 Å². The highest BCUT2D eigenvalue weighted by atomic mass is 19.3. The van der Waals surface area contributed by atoms with Crippen LogP contribution in [0.5, 0.6) is 5.75 Å². The van der Waals surface area contributed by atoms with Crippen LogP contribution >= 0.6 is 0 Å². The molecule has 2 heterocycles. The number of hydrogen-bond donors (Lipinski definition) is 0. The Hall–Kier alpha value is -2.84. The molecule has 0 amide bonds. The van der Waals surface area contributed by atoms with Crippen molar-refractivity contribution in [1.82, 2.24) is 4.98 Å². The van der Waals surface area contributed by atoms with Crippen molar-refractivity contribution in [2.45, 2.75) is 32.1 Å². The Morgan fingerprint density at radius 3 is 2.63 bits per heavy atom. The zero-order chi connectivity index (χ0) is 21.7. The quantitative estimate of drug-likeness (QED) is 0.351. The number of carbonyl (C=O) groups excluding carboxylic acids is 1. The van der Waals surface area contributed by atoms with E-state index in [1.54, 1.807) is 19.1 Å². The van der Waals surface area contributed by atoms with Crippen molar-refractivity contribution in [3.05, 3.63) is 42.1 Å². The molecule has 0 radical (unpaired) electrons. The molecule has 3 rings (SSSR count). The predicted molar refractivity (Wildman–Crippen MR) is 103 cm³/mol. The van der Waals surface area contributed by atoms with E-state index in [9.17, 15) is 22.4 Å². The first-order chi connectivity index (χ1) is 14.3. The first-order valence-electron chi connectivity index (χ1n) is 9.66. The molecule has 0 spiro atoms. The summed E-state index contributed by atoms with van der Waals surface area (Å²) < 4.78 is 66.2. The van der Waals surface area contributed by atoms with E-state index in [-0.39, 0.29) is 50.4 Å². The van der Waals surface area contributed by atoms with E-state index in [4.69, 9.17) is 9.47 Å². The topological polar surface area (TPSA) is 51.7 Å². The molecule has 0 unspecified atom stereocenters. The van der Waals surface area contributed by atoms with Crippen molar-refractivity contribution in [2.75, 3.05) is 31.2 Å². The van der Waals surface area contributed by atoms with Crippen LogP contribution in [0, 0.1) is 11.6 Å². The lowest BCUT2D eigenvalue weighted by molar-refractivity contribution is -0.143. The van der Waals surface area contributed by atoms with Crippen molar-refractivity contribution in [2.24, 2.45) is 0 Å². The Morgan fingerprint density at radius 1 is 1.27 bits per heavy atom. The maximum absolute atomic E-state index is 14.5. The molecule has 0 atom stereocenters. The Morgan fingerprint density at radius 2 is 2.00 bits per heavy atom.